The Balaban J connectivity index is 1.73. The van der Waals surface area contributed by atoms with Gasteiger partial charge < -0.3 is 24.6 Å². The number of aromatic hydroxyl groups is 1. The largest absolute Gasteiger partial charge is 0.508 e. The van der Waals surface area contributed by atoms with Crippen LogP contribution >= 0.6 is 15.9 Å². The molecule has 0 saturated carbocycles. The molecule has 8 heteroatoms. The number of aliphatic hydroxyl groups excluding tert-OH is 1. The van der Waals surface area contributed by atoms with Gasteiger partial charge in [-0.25, -0.2) is 0 Å². The van der Waals surface area contributed by atoms with E-state index in [1.54, 1.807) is 56.7 Å². The van der Waals surface area contributed by atoms with Gasteiger partial charge in [0.25, 0.3) is 11.7 Å². The minimum atomic E-state index is -0.806. The molecular formula is C27H24BrNO6. The Hall–Kier alpha value is -3.78. The van der Waals surface area contributed by atoms with Crippen molar-refractivity contribution >= 4 is 33.4 Å². The molecule has 35 heavy (non-hydrogen) atoms. The van der Waals surface area contributed by atoms with Gasteiger partial charge in [0.05, 0.1) is 25.8 Å². The second-order valence-corrected chi connectivity index (χ2v) is 8.95. The number of rotatable bonds is 7. The summed E-state index contributed by atoms with van der Waals surface area (Å²) in [7, 11) is 3.10. The fourth-order valence-electron chi connectivity index (χ4n) is 4.16. The monoisotopic (exact) mass is 537 g/mol. The maximum absolute atomic E-state index is 13.1. The number of ether oxygens (including phenoxy) is 2. The smallest absolute Gasteiger partial charge is 0.295 e. The quantitative estimate of drug-likeness (QED) is 0.254. The molecule has 4 rings (SSSR count). The van der Waals surface area contributed by atoms with Crippen LogP contribution in [0.4, 0.5) is 0 Å². The molecule has 0 aliphatic carbocycles. The Morgan fingerprint density at radius 3 is 2.23 bits per heavy atom. The lowest BCUT2D eigenvalue weighted by Gasteiger charge is -2.25. The summed E-state index contributed by atoms with van der Waals surface area (Å²) < 4.78 is 11.5. The van der Waals surface area contributed by atoms with Crippen LogP contribution in [0.2, 0.25) is 0 Å². The molecule has 7 nitrogen and oxygen atoms in total. The van der Waals surface area contributed by atoms with Crippen LogP contribution < -0.4 is 9.47 Å². The molecule has 0 aromatic heterocycles. The highest BCUT2D eigenvalue weighted by Gasteiger charge is 2.45. The molecule has 1 amide bonds. The van der Waals surface area contributed by atoms with Crippen LogP contribution in [0.25, 0.3) is 5.76 Å². The van der Waals surface area contributed by atoms with Crippen molar-refractivity contribution in [3.05, 3.63) is 93.5 Å². The van der Waals surface area contributed by atoms with E-state index in [1.807, 2.05) is 12.1 Å². The number of ketones is 1. The summed E-state index contributed by atoms with van der Waals surface area (Å²) in [5, 5.41) is 20.9. The Labute approximate surface area is 211 Å². The predicted octanol–water partition coefficient (Wildman–Crippen LogP) is 4.84. The van der Waals surface area contributed by atoms with Crippen LogP contribution in [-0.4, -0.2) is 47.6 Å². The zero-order chi connectivity index (χ0) is 25.1. The number of carbonyl (C=O) groups is 2. The number of benzene rings is 3. The highest BCUT2D eigenvalue weighted by atomic mass is 79.9. The van der Waals surface area contributed by atoms with Crippen molar-refractivity contribution in [3.63, 3.8) is 0 Å². The van der Waals surface area contributed by atoms with E-state index >= 15 is 0 Å². The van der Waals surface area contributed by atoms with Gasteiger partial charge in [-0.2, -0.15) is 0 Å². The van der Waals surface area contributed by atoms with E-state index in [1.165, 1.54) is 17.0 Å². The minimum absolute atomic E-state index is 0.00956. The Morgan fingerprint density at radius 1 is 0.943 bits per heavy atom. The molecule has 1 aliphatic heterocycles. The summed E-state index contributed by atoms with van der Waals surface area (Å²) in [6.45, 7) is 0.225. The van der Waals surface area contributed by atoms with Gasteiger partial charge in [0.15, 0.2) is 11.5 Å². The van der Waals surface area contributed by atoms with Crippen molar-refractivity contribution in [2.75, 3.05) is 20.8 Å². The van der Waals surface area contributed by atoms with E-state index in [9.17, 15) is 19.8 Å². The topological polar surface area (TPSA) is 96.3 Å². The third-order valence-corrected chi connectivity index (χ3v) is 6.48. The molecular weight excluding hydrogens is 514 g/mol. The van der Waals surface area contributed by atoms with E-state index in [0.717, 1.165) is 10.0 Å². The third kappa shape index (κ3) is 4.88. The number of nitrogens with zero attached hydrogens (tertiary/aromatic N) is 1. The summed E-state index contributed by atoms with van der Waals surface area (Å²) in [6, 6.07) is 17.8. The van der Waals surface area contributed by atoms with Crippen molar-refractivity contribution in [1.29, 1.82) is 0 Å². The molecule has 1 saturated heterocycles. The molecule has 0 unspecified atom stereocenters. The molecule has 1 atom stereocenters. The Morgan fingerprint density at radius 2 is 1.60 bits per heavy atom. The van der Waals surface area contributed by atoms with Crippen molar-refractivity contribution < 1.29 is 29.3 Å². The summed E-state index contributed by atoms with van der Waals surface area (Å²) in [4.78, 5) is 27.7. The summed E-state index contributed by atoms with van der Waals surface area (Å²) >= 11 is 3.36. The fourth-order valence-corrected chi connectivity index (χ4v) is 4.43. The van der Waals surface area contributed by atoms with Gasteiger partial charge >= 0.3 is 0 Å². The number of phenolic OH excluding ortho intramolecular Hbond substituents is 1. The number of aliphatic hydroxyl groups is 1. The number of hydrogen-bond acceptors (Lipinski definition) is 6. The maximum Gasteiger partial charge on any atom is 0.295 e. The van der Waals surface area contributed by atoms with Crippen molar-refractivity contribution in [2.24, 2.45) is 0 Å². The average Bonchev–Trinajstić information content (AvgIpc) is 3.12. The summed E-state index contributed by atoms with van der Waals surface area (Å²) in [6.07, 6.45) is 0.445. The summed E-state index contributed by atoms with van der Waals surface area (Å²) in [5.41, 5.74) is 1.93. The third-order valence-electron chi connectivity index (χ3n) is 5.96. The van der Waals surface area contributed by atoms with Gasteiger partial charge in [-0.1, -0.05) is 46.3 Å². The molecule has 0 radical (unpaired) electrons. The normalized spacial score (nSPS) is 17.0. The number of amides is 1. The molecule has 0 spiro atoms. The highest BCUT2D eigenvalue weighted by Crippen LogP contribution is 2.40. The van der Waals surface area contributed by atoms with Gasteiger partial charge in [0, 0.05) is 16.6 Å². The van der Waals surface area contributed by atoms with Gasteiger partial charge in [0.1, 0.15) is 11.5 Å². The first kappa shape index (κ1) is 24.3. The number of methoxy groups -OCH3 is 2. The second-order valence-electron chi connectivity index (χ2n) is 8.03. The van der Waals surface area contributed by atoms with Crippen molar-refractivity contribution in [3.8, 4) is 17.2 Å². The van der Waals surface area contributed by atoms with Crippen molar-refractivity contribution in [1.82, 2.24) is 4.90 Å². The SMILES string of the molecule is COc1ccc(CCN2C(=O)C(=O)C(=C(O)c3ccc(Br)cc3)[C@@H]2c2ccc(O)cc2)cc1OC. The van der Waals surface area contributed by atoms with E-state index in [0.29, 0.717) is 29.0 Å². The molecule has 1 fully saturated rings. The molecule has 0 bridgehead atoms. The van der Waals surface area contributed by atoms with Gasteiger partial charge in [-0.3, -0.25) is 9.59 Å². The maximum atomic E-state index is 13.1. The van der Waals surface area contributed by atoms with E-state index in [4.69, 9.17) is 9.47 Å². The molecule has 1 heterocycles. The average molecular weight is 538 g/mol. The highest BCUT2D eigenvalue weighted by molar-refractivity contribution is 9.10. The second kappa shape index (κ2) is 10.2. The number of likely N-dealkylation sites (tertiary alicyclic amines) is 1. The minimum Gasteiger partial charge on any atom is -0.508 e. The predicted molar refractivity (Wildman–Crippen MR) is 135 cm³/mol. The number of Topliss-reactive ketones (excluding diaryl/α,β-unsaturated/α-hetero) is 1. The first-order chi connectivity index (χ1) is 16.8. The van der Waals surface area contributed by atoms with Crippen LogP contribution in [0.5, 0.6) is 17.2 Å². The first-order valence-corrected chi connectivity index (χ1v) is 11.7. The molecule has 180 valence electrons. The van der Waals surface area contributed by atoms with Crippen LogP contribution in [0, 0.1) is 0 Å². The standard InChI is InChI=1S/C27H24BrNO6/c1-34-21-12-3-16(15-22(21)35-2)13-14-29-24(17-6-10-20(30)11-7-17)23(26(32)27(29)33)25(31)18-4-8-19(28)9-5-18/h3-12,15,24,30-31H,13-14H2,1-2H3/t24-/m0/s1. The van der Waals surface area contributed by atoms with Gasteiger partial charge in [-0.05, 0) is 53.9 Å². The van der Waals surface area contributed by atoms with Gasteiger partial charge in [-0.15, -0.1) is 0 Å². The molecule has 2 N–H and O–H groups in total. The van der Waals surface area contributed by atoms with E-state index < -0.39 is 17.7 Å². The molecule has 1 aliphatic rings. The lowest BCUT2D eigenvalue weighted by molar-refractivity contribution is -0.139. The van der Waals surface area contributed by atoms with Crippen LogP contribution in [0.3, 0.4) is 0 Å². The molecule has 3 aromatic carbocycles. The molecule has 3 aromatic rings. The fraction of sp³-hybridized carbons (Fsp3) is 0.185. The van der Waals surface area contributed by atoms with Crippen LogP contribution in [-0.2, 0) is 16.0 Å². The lowest BCUT2D eigenvalue weighted by Crippen LogP contribution is -2.31. The number of halogens is 1. The zero-order valence-corrected chi connectivity index (χ0v) is 20.8. The Bertz CT molecular complexity index is 1280. The Kier molecular flexibility index (Phi) is 7.12. The lowest BCUT2D eigenvalue weighted by atomic mass is 9.95. The van der Waals surface area contributed by atoms with Gasteiger partial charge in [0.2, 0.25) is 0 Å². The number of phenols is 1. The first-order valence-electron chi connectivity index (χ1n) is 10.9. The van der Waals surface area contributed by atoms with E-state index in [2.05, 4.69) is 15.9 Å². The van der Waals surface area contributed by atoms with Crippen molar-refractivity contribution in [2.45, 2.75) is 12.5 Å². The number of hydrogen-bond donors (Lipinski definition) is 2. The van der Waals surface area contributed by atoms with E-state index in [-0.39, 0.29) is 23.6 Å². The number of carbonyl (C=O) groups excluding carboxylic acids is 2. The van der Waals surface area contributed by atoms with Crippen LogP contribution in [0.1, 0.15) is 22.7 Å². The summed E-state index contributed by atoms with van der Waals surface area (Å²) in [5.74, 6) is -0.475. The van der Waals surface area contributed by atoms with Crippen LogP contribution in [0.15, 0.2) is 76.8 Å². The zero-order valence-electron chi connectivity index (χ0n) is 19.2.